The van der Waals surface area contributed by atoms with Crippen LogP contribution in [0.4, 0.5) is 0 Å². The molecule has 1 heteroatoms. The Balaban J connectivity index is 1.75. The molecule has 2 aliphatic rings. The highest BCUT2D eigenvalue weighted by Gasteiger charge is 2.65. The quantitative estimate of drug-likeness (QED) is 0.292. The molecule has 1 saturated carbocycles. The predicted molar refractivity (Wildman–Crippen MR) is 147 cm³/mol. The summed E-state index contributed by atoms with van der Waals surface area (Å²) in [4.78, 5) is 2.39. The van der Waals surface area contributed by atoms with Gasteiger partial charge >= 0.3 is 0 Å². The Bertz CT molecular complexity index is 1320. The van der Waals surface area contributed by atoms with E-state index in [1.54, 1.807) is 0 Å². The Morgan fingerprint density at radius 3 is 1.57 bits per heavy atom. The summed E-state index contributed by atoms with van der Waals surface area (Å²) in [6.07, 6.45) is 2.27. The molecule has 1 fully saturated rings. The zero-order chi connectivity index (χ0) is 23.9. The van der Waals surface area contributed by atoms with Gasteiger partial charge in [0.1, 0.15) is 0 Å². The highest BCUT2D eigenvalue weighted by Crippen LogP contribution is 2.72. The molecule has 0 radical (unpaired) electrons. The smallest absolute Gasteiger partial charge is 0.0264 e. The van der Waals surface area contributed by atoms with Crippen LogP contribution in [-0.2, 0) is 10.8 Å². The molecular formula is C34H33N. The van der Waals surface area contributed by atoms with Crippen LogP contribution in [0.25, 0.3) is 11.1 Å². The van der Waals surface area contributed by atoms with Crippen LogP contribution in [0.3, 0.4) is 0 Å². The van der Waals surface area contributed by atoms with E-state index in [-0.39, 0.29) is 10.8 Å². The van der Waals surface area contributed by atoms with Crippen molar-refractivity contribution in [3.63, 3.8) is 0 Å². The molecule has 0 aromatic heterocycles. The van der Waals surface area contributed by atoms with Gasteiger partial charge in [-0.1, -0.05) is 121 Å². The first-order chi connectivity index (χ1) is 17.1. The van der Waals surface area contributed by atoms with E-state index < -0.39 is 0 Å². The van der Waals surface area contributed by atoms with Crippen LogP contribution in [-0.4, -0.2) is 25.5 Å². The summed E-state index contributed by atoms with van der Waals surface area (Å²) >= 11 is 0. The van der Waals surface area contributed by atoms with E-state index in [1.165, 1.54) is 33.4 Å². The van der Waals surface area contributed by atoms with Gasteiger partial charge in [-0.25, -0.2) is 0 Å². The third-order valence-electron chi connectivity index (χ3n) is 8.37. The van der Waals surface area contributed by atoms with Gasteiger partial charge < -0.3 is 4.90 Å². The fourth-order valence-corrected chi connectivity index (χ4v) is 7.27. The van der Waals surface area contributed by atoms with Crippen LogP contribution in [0.5, 0.6) is 0 Å². The number of hydrogen-bond donors (Lipinski definition) is 0. The lowest BCUT2D eigenvalue weighted by atomic mass is 9.63. The Labute approximate surface area is 209 Å². The second-order valence-electron chi connectivity index (χ2n) is 10.6. The molecule has 0 amide bonds. The molecule has 4 aromatic rings. The van der Waals surface area contributed by atoms with E-state index in [9.17, 15) is 0 Å². The van der Waals surface area contributed by atoms with Crippen molar-refractivity contribution in [2.45, 2.75) is 23.7 Å². The molecule has 6 rings (SSSR count). The Kier molecular flexibility index (Phi) is 5.46. The van der Waals surface area contributed by atoms with Gasteiger partial charge in [0, 0.05) is 17.4 Å². The van der Waals surface area contributed by atoms with E-state index in [0.29, 0.717) is 5.92 Å². The van der Waals surface area contributed by atoms with Crippen molar-refractivity contribution in [1.29, 1.82) is 0 Å². The van der Waals surface area contributed by atoms with Crippen molar-refractivity contribution >= 4 is 11.1 Å². The van der Waals surface area contributed by atoms with Crippen LogP contribution < -0.4 is 0 Å². The molecule has 4 aromatic carbocycles. The molecule has 3 atom stereocenters. The van der Waals surface area contributed by atoms with Crippen LogP contribution >= 0.6 is 0 Å². The van der Waals surface area contributed by atoms with Gasteiger partial charge in [-0.05, 0) is 66.3 Å². The average Bonchev–Trinajstić information content (AvgIpc) is 3.41. The third kappa shape index (κ3) is 3.41. The Hall–Kier alpha value is -3.42. The SMILES string of the molecule is CN(C)CC1CC2(c3ccccc3)CC1(c1ccccc1)C(c1ccccc1)=C2c1ccccc1. The van der Waals surface area contributed by atoms with Crippen molar-refractivity contribution < 1.29 is 0 Å². The molecule has 0 aliphatic heterocycles. The minimum absolute atomic E-state index is 0.0235. The van der Waals surface area contributed by atoms with Gasteiger partial charge in [0.25, 0.3) is 0 Å². The summed E-state index contributed by atoms with van der Waals surface area (Å²) in [5.41, 5.74) is 8.60. The van der Waals surface area contributed by atoms with Crippen molar-refractivity contribution in [1.82, 2.24) is 4.90 Å². The molecule has 0 saturated heterocycles. The lowest BCUT2D eigenvalue weighted by Gasteiger charge is -2.42. The zero-order valence-corrected chi connectivity index (χ0v) is 20.7. The molecule has 0 N–H and O–H groups in total. The summed E-state index contributed by atoms with van der Waals surface area (Å²) in [7, 11) is 4.45. The van der Waals surface area contributed by atoms with E-state index in [4.69, 9.17) is 0 Å². The molecule has 174 valence electrons. The molecule has 0 spiro atoms. The normalized spacial score (nSPS) is 25.4. The molecule has 2 aliphatic carbocycles. The summed E-state index contributed by atoms with van der Waals surface area (Å²) < 4.78 is 0. The maximum atomic E-state index is 2.39. The Morgan fingerprint density at radius 2 is 1.06 bits per heavy atom. The number of fused-ring (bicyclic) bond motifs is 2. The van der Waals surface area contributed by atoms with Crippen LogP contribution in [0.15, 0.2) is 121 Å². The van der Waals surface area contributed by atoms with Gasteiger partial charge in [0.05, 0.1) is 0 Å². The zero-order valence-electron chi connectivity index (χ0n) is 20.7. The summed E-state index contributed by atoms with van der Waals surface area (Å²) in [5, 5.41) is 0. The van der Waals surface area contributed by atoms with Gasteiger partial charge in [-0.15, -0.1) is 0 Å². The number of nitrogens with zero attached hydrogens (tertiary/aromatic N) is 1. The molecule has 2 bridgehead atoms. The lowest BCUT2D eigenvalue weighted by Crippen LogP contribution is -2.38. The first kappa shape index (κ1) is 22.1. The highest BCUT2D eigenvalue weighted by atomic mass is 15.1. The minimum Gasteiger partial charge on any atom is -0.309 e. The van der Waals surface area contributed by atoms with Gasteiger partial charge in [-0.2, -0.15) is 0 Å². The fraction of sp³-hybridized carbons (Fsp3) is 0.235. The second kappa shape index (κ2) is 8.66. The predicted octanol–water partition coefficient (Wildman–Crippen LogP) is 7.46. The monoisotopic (exact) mass is 455 g/mol. The largest absolute Gasteiger partial charge is 0.309 e. The van der Waals surface area contributed by atoms with Crippen molar-refractivity contribution in [3.8, 4) is 0 Å². The second-order valence-corrected chi connectivity index (χ2v) is 10.6. The maximum Gasteiger partial charge on any atom is 0.0264 e. The van der Waals surface area contributed by atoms with Gasteiger partial charge in [0.2, 0.25) is 0 Å². The maximum absolute atomic E-state index is 2.39. The first-order valence-electron chi connectivity index (χ1n) is 12.8. The molecule has 1 nitrogen and oxygen atoms in total. The summed E-state index contributed by atoms with van der Waals surface area (Å²) in [6.45, 7) is 1.07. The third-order valence-corrected chi connectivity index (χ3v) is 8.37. The van der Waals surface area contributed by atoms with Gasteiger partial charge in [-0.3, -0.25) is 0 Å². The van der Waals surface area contributed by atoms with Crippen molar-refractivity contribution in [3.05, 3.63) is 144 Å². The first-order valence-corrected chi connectivity index (χ1v) is 12.8. The molecular weight excluding hydrogens is 422 g/mol. The van der Waals surface area contributed by atoms with Crippen molar-refractivity contribution in [2.75, 3.05) is 20.6 Å². The van der Waals surface area contributed by atoms with Crippen LogP contribution in [0.1, 0.15) is 35.1 Å². The molecule has 0 heterocycles. The summed E-state index contributed by atoms with van der Waals surface area (Å²) in [6, 6.07) is 45.0. The number of allylic oxidation sites excluding steroid dienone is 2. The lowest BCUT2D eigenvalue weighted by molar-refractivity contribution is 0.275. The number of benzene rings is 4. The Morgan fingerprint density at radius 1 is 0.600 bits per heavy atom. The van der Waals surface area contributed by atoms with Crippen molar-refractivity contribution in [2.24, 2.45) is 5.92 Å². The fourth-order valence-electron chi connectivity index (χ4n) is 7.27. The van der Waals surface area contributed by atoms with E-state index >= 15 is 0 Å². The minimum atomic E-state index is -0.0477. The van der Waals surface area contributed by atoms with Crippen LogP contribution in [0, 0.1) is 5.92 Å². The van der Waals surface area contributed by atoms with Crippen LogP contribution in [0.2, 0.25) is 0 Å². The van der Waals surface area contributed by atoms with E-state index in [0.717, 1.165) is 19.4 Å². The van der Waals surface area contributed by atoms with E-state index in [1.807, 2.05) is 0 Å². The standard InChI is InChI=1S/C34H33N/c1-35(2)24-30-23-33(28-19-11-5-12-20-28)25-34(30,29-21-13-6-14-22-29)32(27-17-9-4-10-18-27)31(33)26-15-7-3-8-16-26/h3-22,30H,23-25H2,1-2H3. The average molecular weight is 456 g/mol. The van der Waals surface area contributed by atoms with Gasteiger partial charge in [0.15, 0.2) is 0 Å². The highest BCUT2D eigenvalue weighted by molar-refractivity contribution is 6.04. The number of rotatable bonds is 6. The molecule has 3 unspecified atom stereocenters. The topological polar surface area (TPSA) is 3.24 Å². The summed E-state index contributed by atoms with van der Waals surface area (Å²) in [5.74, 6) is 0.516. The number of hydrogen-bond acceptors (Lipinski definition) is 1. The molecule has 35 heavy (non-hydrogen) atoms. The van der Waals surface area contributed by atoms with E-state index in [2.05, 4.69) is 140 Å².